The van der Waals surface area contributed by atoms with Crippen LogP contribution in [0.1, 0.15) is 61.0 Å². The van der Waals surface area contributed by atoms with E-state index in [1.165, 1.54) is 15.9 Å². The quantitative estimate of drug-likeness (QED) is 0.616. The van der Waals surface area contributed by atoms with Gasteiger partial charge in [-0.3, -0.25) is 0 Å². The molecular weight excluding hydrogens is 413 g/mol. The molecule has 166 valence electrons. The van der Waals surface area contributed by atoms with Gasteiger partial charge in [0, 0.05) is 18.2 Å². The van der Waals surface area contributed by atoms with Crippen molar-refractivity contribution in [1.82, 2.24) is 4.31 Å². The highest BCUT2D eigenvalue weighted by Crippen LogP contribution is 2.39. The van der Waals surface area contributed by atoms with Crippen LogP contribution in [0.15, 0.2) is 54.1 Å². The van der Waals surface area contributed by atoms with Crippen LogP contribution in [-0.2, 0) is 21.3 Å². The summed E-state index contributed by atoms with van der Waals surface area (Å²) in [5, 5.41) is -0.572. The summed E-state index contributed by atoms with van der Waals surface area (Å²) in [4.78, 5) is 0. The second kappa shape index (κ2) is 9.63. The lowest BCUT2D eigenvalue weighted by Gasteiger charge is -2.39. The van der Waals surface area contributed by atoms with Crippen molar-refractivity contribution < 1.29 is 17.5 Å². The highest BCUT2D eigenvalue weighted by atomic mass is 32.2. The van der Waals surface area contributed by atoms with Crippen molar-refractivity contribution in [3.63, 3.8) is 0 Å². The average Bonchev–Trinajstić information content (AvgIpc) is 2.77. The fraction of sp³-hybridized carbons (Fsp3) is 0.440. The molecule has 2 fully saturated rings. The van der Waals surface area contributed by atoms with Gasteiger partial charge in [-0.2, -0.15) is 4.31 Å². The molecule has 2 saturated heterocycles. The highest BCUT2D eigenvalue weighted by Gasteiger charge is 2.41. The van der Waals surface area contributed by atoms with E-state index in [0.717, 1.165) is 30.4 Å². The SMILES string of the molecule is CC[C@H]1CC[C@H](c2ccccc2)S(=O)(=O)N1Cc1ccc(C=C2CCOCC2)cc1F. The Balaban J connectivity index is 1.58. The fourth-order valence-electron chi connectivity index (χ4n) is 4.60. The molecule has 0 unspecified atom stereocenters. The van der Waals surface area contributed by atoms with Crippen LogP contribution >= 0.6 is 0 Å². The average molecular weight is 444 g/mol. The van der Waals surface area contributed by atoms with E-state index < -0.39 is 15.3 Å². The minimum atomic E-state index is -3.59. The van der Waals surface area contributed by atoms with Gasteiger partial charge in [0.05, 0.1) is 13.2 Å². The van der Waals surface area contributed by atoms with Crippen molar-refractivity contribution in [2.75, 3.05) is 13.2 Å². The maximum absolute atomic E-state index is 15.0. The Labute approximate surface area is 184 Å². The van der Waals surface area contributed by atoms with Crippen LogP contribution in [0, 0.1) is 5.82 Å². The van der Waals surface area contributed by atoms with Gasteiger partial charge >= 0.3 is 0 Å². The highest BCUT2D eigenvalue weighted by molar-refractivity contribution is 7.89. The number of halogens is 1. The van der Waals surface area contributed by atoms with Gasteiger partial charge in [0.1, 0.15) is 11.1 Å². The Kier molecular flexibility index (Phi) is 6.89. The molecule has 0 N–H and O–H groups in total. The Morgan fingerprint density at radius 3 is 2.52 bits per heavy atom. The molecule has 0 bridgehead atoms. The first-order valence-corrected chi connectivity index (χ1v) is 12.6. The maximum atomic E-state index is 15.0. The monoisotopic (exact) mass is 443 g/mol. The summed E-state index contributed by atoms with van der Waals surface area (Å²) in [6.07, 6.45) is 5.86. The lowest BCUT2D eigenvalue weighted by molar-refractivity contribution is 0.119. The van der Waals surface area contributed by atoms with Crippen LogP contribution in [0.25, 0.3) is 6.08 Å². The lowest BCUT2D eigenvalue weighted by Crippen LogP contribution is -2.46. The number of benzene rings is 2. The van der Waals surface area contributed by atoms with Crippen molar-refractivity contribution in [1.29, 1.82) is 0 Å². The van der Waals surface area contributed by atoms with Crippen LogP contribution in [0.3, 0.4) is 0 Å². The Hall–Kier alpha value is -2.02. The van der Waals surface area contributed by atoms with E-state index in [4.69, 9.17) is 4.74 Å². The second-order valence-corrected chi connectivity index (χ2v) is 10.5. The van der Waals surface area contributed by atoms with Crippen LogP contribution in [0.4, 0.5) is 4.39 Å². The van der Waals surface area contributed by atoms with Gasteiger partial charge in [-0.15, -0.1) is 0 Å². The molecule has 0 saturated carbocycles. The van der Waals surface area contributed by atoms with Crippen molar-refractivity contribution in [2.24, 2.45) is 0 Å². The van der Waals surface area contributed by atoms with Crippen molar-refractivity contribution in [3.05, 3.63) is 76.6 Å². The first kappa shape index (κ1) is 22.2. The molecule has 2 aliphatic rings. The van der Waals surface area contributed by atoms with Crippen LogP contribution in [0.5, 0.6) is 0 Å². The number of nitrogens with zero attached hydrogens (tertiary/aromatic N) is 1. The van der Waals surface area contributed by atoms with Crippen molar-refractivity contribution in [2.45, 2.75) is 56.9 Å². The summed E-state index contributed by atoms with van der Waals surface area (Å²) < 4.78 is 48.9. The van der Waals surface area contributed by atoms with E-state index in [2.05, 4.69) is 0 Å². The molecule has 0 spiro atoms. The molecular formula is C25H30FNO3S. The van der Waals surface area contributed by atoms with Crippen LogP contribution in [0.2, 0.25) is 0 Å². The zero-order valence-electron chi connectivity index (χ0n) is 18.0. The third-order valence-electron chi connectivity index (χ3n) is 6.41. The molecule has 2 aliphatic heterocycles. The summed E-state index contributed by atoms with van der Waals surface area (Å²) >= 11 is 0. The topological polar surface area (TPSA) is 46.6 Å². The van der Waals surface area contributed by atoms with Gasteiger partial charge in [0.25, 0.3) is 0 Å². The molecule has 2 aromatic carbocycles. The predicted octanol–water partition coefficient (Wildman–Crippen LogP) is 5.47. The Morgan fingerprint density at radius 1 is 1.10 bits per heavy atom. The smallest absolute Gasteiger partial charge is 0.221 e. The molecule has 4 nitrogen and oxygen atoms in total. The fourth-order valence-corrected chi connectivity index (χ4v) is 6.86. The van der Waals surface area contributed by atoms with Gasteiger partial charge in [-0.05, 0) is 49.3 Å². The third kappa shape index (κ3) is 4.92. The van der Waals surface area contributed by atoms with E-state index in [1.54, 1.807) is 6.07 Å². The molecule has 2 heterocycles. The van der Waals surface area contributed by atoms with Crippen LogP contribution < -0.4 is 0 Å². The predicted molar refractivity (Wildman–Crippen MR) is 121 cm³/mol. The zero-order chi connectivity index (χ0) is 21.8. The molecule has 0 radical (unpaired) electrons. The lowest BCUT2D eigenvalue weighted by atomic mass is 10.0. The molecule has 0 amide bonds. The van der Waals surface area contributed by atoms with E-state index in [-0.39, 0.29) is 18.4 Å². The molecule has 0 aliphatic carbocycles. The second-order valence-electron chi connectivity index (χ2n) is 8.39. The van der Waals surface area contributed by atoms with Crippen molar-refractivity contribution in [3.8, 4) is 0 Å². The third-order valence-corrected chi connectivity index (χ3v) is 8.72. The molecule has 31 heavy (non-hydrogen) atoms. The van der Waals surface area contributed by atoms with Gasteiger partial charge in [0.2, 0.25) is 10.0 Å². The summed E-state index contributed by atoms with van der Waals surface area (Å²) in [7, 11) is -3.59. The number of rotatable bonds is 5. The normalized spacial score (nSPS) is 24.1. The van der Waals surface area contributed by atoms with Crippen molar-refractivity contribution >= 4 is 16.1 Å². The van der Waals surface area contributed by atoms with E-state index >= 15 is 0 Å². The largest absolute Gasteiger partial charge is 0.381 e. The number of hydrogen-bond donors (Lipinski definition) is 0. The van der Waals surface area contributed by atoms with Gasteiger partial charge in [-0.1, -0.05) is 61.0 Å². The number of ether oxygens (including phenoxy) is 1. The van der Waals surface area contributed by atoms with E-state index in [0.29, 0.717) is 31.6 Å². The standard InChI is InChI=1S/C25H30FNO3S/c1-2-23-10-11-25(21-6-4-3-5-7-21)31(28,29)27(23)18-22-9-8-20(17-24(22)26)16-19-12-14-30-15-13-19/h3-9,16-17,23,25H,2,10-15,18H2,1H3/t23-,25+/m0/s1. The molecule has 4 rings (SSSR count). The van der Waals surface area contributed by atoms with E-state index in [1.807, 2.05) is 49.4 Å². The summed E-state index contributed by atoms with van der Waals surface area (Å²) in [5.41, 5.74) is 3.30. The Bertz CT molecular complexity index is 1030. The molecule has 6 heteroatoms. The maximum Gasteiger partial charge on any atom is 0.221 e. The molecule has 2 aromatic rings. The van der Waals surface area contributed by atoms with Gasteiger partial charge in [0.15, 0.2) is 0 Å². The van der Waals surface area contributed by atoms with Gasteiger partial charge < -0.3 is 4.74 Å². The first-order valence-electron chi connectivity index (χ1n) is 11.1. The van der Waals surface area contributed by atoms with Crippen LogP contribution in [-0.4, -0.2) is 32.0 Å². The molecule has 0 aromatic heterocycles. The molecule has 2 atom stereocenters. The minimum Gasteiger partial charge on any atom is -0.381 e. The van der Waals surface area contributed by atoms with E-state index in [9.17, 15) is 12.8 Å². The van der Waals surface area contributed by atoms with Gasteiger partial charge in [-0.25, -0.2) is 12.8 Å². The number of sulfonamides is 1. The number of hydrogen-bond acceptors (Lipinski definition) is 3. The Morgan fingerprint density at radius 2 is 1.84 bits per heavy atom. The first-order chi connectivity index (χ1) is 15.0. The summed E-state index contributed by atoms with van der Waals surface area (Å²) in [6.45, 7) is 3.48. The minimum absolute atomic E-state index is 0.0701. The zero-order valence-corrected chi connectivity index (χ0v) is 18.8. The summed E-state index contributed by atoms with van der Waals surface area (Å²) in [6, 6.07) is 14.4. The summed E-state index contributed by atoms with van der Waals surface area (Å²) in [5.74, 6) is -0.353.